The van der Waals surface area contributed by atoms with Crippen LogP contribution in [0.4, 0.5) is 0 Å². The lowest BCUT2D eigenvalue weighted by Crippen LogP contribution is -2.52. The van der Waals surface area contributed by atoms with Crippen molar-refractivity contribution in [1.82, 2.24) is 0 Å². The summed E-state index contributed by atoms with van der Waals surface area (Å²) < 4.78 is 5.50. The highest BCUT2D eigenvalue weighted by Gasteiger charge is 2.56. The molecular weight excluding hydrogens is 388 g/mol. The van der Waals surface area contributed by atoms with Crippen LogP contribution in [0.1, 0.15) is 64.9 Å². The summed E-state index contributed by atoms with van der Waals surface area (Å²) in [4.78, 5) is 11.5. The van der Waals surface area contributed by atoms with Gasteiger partial charge in [0.2, 0.25) is 0 Å². The molecule has 2 saturated carbocycles. The van der Waals surface area contributed by atoms with Gasteiger partial charge in [-0.05, 0) is 84.2 Å². The number of benzene rings is 1. The molecule has 4 nitrogen and oxygen atoms in total. The molecule has 0 spiro atoms. The molecule has 1 aromatic carbocycles. The zero-order valence-electron chi connectivity index (χ0n) is 19.2. The first kappa shape index (κ1) is 22.5. The zero-order chi connectivity index (χ0) is 22.2. The lowest BCUT2D eigenvalue weighted by molar-refractivity contribution is -0.156. The van der Waals surface area contributed by atoms with E-state index in [0.717, 1.165) is 38.5 Å². The van der Waals surface area contributed by atoms with Gasteiger partial charge in [0.05, 0.1) is 0 Å². The van der Waals surface area contributed by atoms with Crippen molar-refractivity contribution in [3.05, 3.63) is 42.0 Å². The highest BCUT2D eigenvalue weighted by atomic mass is 16.5. The fourth-order valence-corrected chi connectivity index (χ4v) is 7.49. The minimum atomic E-state index is -0.238. The van der Waals surface area contributed by atoms with E-state index < -0.39 is 0 Å². The van der Waals surface area contributed by atoms with Crippen molar-refractivity contribution in [2.75, 3.05) is 13.2 Å². The number of carbonyl (C=O) groups excluding carboxylic acids is 1. The number of hydrogen-bond acceptors (Lipinski definition) is 4. The number of esters is 1. The minimum absolute atomic E-state index is 0.0460. The predicted molar refractivity (Wildman–Crippen MR) is 122 cm³/mol. The molecule has 1 unspecified atom stereocenters. The summed E-state index contributed by atoms with van der Waals surface area (Å²) in [7, 11) is 0. The first-order valence-electron chi connectivity index (χ1n) is 12.0. The molecule has 3 aliphatic carbocycles. The molecule has 3 aliphatic rings. The fraction of sp³-hybridized carbons (Fsp3) is 0.667. The Morgan fingerprint density at radius 3 is 2.45 bits per heavy atom. The van der Waals surface area contributed by atoms with E-state index in [1.807, 2.05) is 0 Å². The number of rotatable bonds is 5. The van der Waals surface area contributed by atoms with E-state index in [9.17, 15) is 15.0 Å². The van der Waals surface area contributed by atoms with E-state index in [4.69, 9.17) is 4.74 Å². The van der Waals surface area contributed by atoms with Gasteiger partial charge < -0.3 is 14.9 Å². The summed E-state index contributed by atoms with van der Waals surface area (Å²) in [5.41, 5.74) is 2.79. The van der Waals surface area contributed by atoms with Crippen LogP contribution < -0.4 is 0 Å². The molecule has 0 heterocycles. The van der Waals surface area contributed by atoms with Gasteiger partial charge in [-0.2, -0.15) is 0 Å². The molecule has 2 fully saturated rings. The van der Waals surface area contributed by atoms with Gasteiger partial charge in [-0.3, -0.25) is 4.79 Å². The van der Waals surface area contributed by atoms with Crippen molar-refractivity contribution in [2.24, 2.45) is 34.5 Å². The molecule has 2 N–H and O–H groups in total. The first-order chi connectivity index (χ1) is 14.8. The molecule has 0 saturated heterocycles. The SMILES string of the molecule is CC(=O)O[C@H]1CC[C@](C)([C@H]2CC[C@]3(C)C(c4ccccc4)=CC[C@H]3C2CO)[C@@H](CO)C1. The lowest BCUT2D eigenvalue weighted by Gasteiger charge is -2.56. The van der Waals surface area contributed by atoms with E-state index in [0.29, 0.717) is 11.8 Å². The smallest absolute Gasteiger partial charge is 0.302 e. The largest absolute Gasteiger partial charge is 0.463 e. The Balaban J connectivity index is 1.57. The van der Waals surface area contributed by atoms with Gasteiger partial charge >= 0.3 is 5.97 Å². The van der Waals surface area contributed by atoms with Gasteiger partial charge in [0.25, 0.3) is 0 Å². The van der Waals surface area contributed by atoms with E-state index >= 15 is 0 Å². The van der Waals surface area contributed by atoms with Crippen LogP contribution in [0.5, 0.6) is 0 Å². The van der Waals surface area contributed by atoms with E-state index in [-0.39, 0.29) is 48.0 Å². The Hall–Kier alpha value is -1.65. The van der Waals surface area contributed by atoms with E-state index in [1.165, 1.54) is 18.1 Å². The monoisotopic (exact) mass is 426 g/mol. The lowest BCUT2D eigenvalue weighted by atomic mass is 9.49. The molecule has 0 amide bonds. The zero-order valence-corrected chi connectivity index (χ0v) is 19.2. The molecule has 0 radical (unpaired) electrons. The molecule has 31 heavy (non-hydrogen) atoms. The number of allylic oxidation sites excluding steroid dienone is 2. The van der Waals surface area contributed by atoms with Crippen LogP contribution in [-0.2, 0) is 9.53 Å². The Bertz CT molecular complexity index is 818. The highest BCUT2D eigenvalue weighted by Crippen LogP contribution is 2.63. The Labute approximate surface area is 186 Å². The van der Waals surface area contributed by atoms with Gasteiger partial charge in [-0.1, -0.05) is 50.3 Å². The topological polar surface area (TPSA) is 66.8 Å². The van der Waals surface area contributed by atoms with Crippen molar-refractivity contribution >= 4 is 11.5 Å². The number of ether oxygens (including phenoxy) is 1. The van der Waals surface area contributed by atoms with E-state index in [2.05, 4.69) is 50.3 Å². The van der Waals surface area contributed by atoms with Crippen LogP contribution in [0.3, 0.4) is 0 Å². The first-order valence-corrected chi connectivity index (χ1v) is 12.0. The maximum atomic E-state index is 11.5. The van der Waals surface area contributed by atoms with Gasteiger partial charge in [0.1, 0.15) is 6.10 Å². The van der Waals surface area contributed by atoms with Crippen LogP contribution >= 0.6 is 0 Å². The van der Waals surface area contributed by atoms with Crippen molar-refractivity contribution in [3.63, 3.8) is 0 Å². The molecule has 0 bridgehead atoms. The van der Waals surface area contributed by atoms with Gasteiger partial charge in [0, 0.05) is 20.1 Å². The third-order valence-electron chi connectivity index (χ3n) is 9.20. The summed E-state index contributed by atoms with van der Waals surface area (Å²) in [6.07, 6.45) is 8.00. The molecule has 170 valence electrons. The van der Waals surface area contributed by atoms with Crippen LogP contribution in [0, 0.1) is 34.5 Å². The van der Waals surface area contributed by atoms with Crippen LogP contribution in [-0.4, -0.2) is 35.5 Å². The summed E-state index contributed by atoms with van der Waals surface area (Å²) in [5, 5.41) is 20.9. The minimum Gasteiger partial charge on any atom is -0.463 e. The van der Waals surface area contributed by atoms with Crippen LogP contribution in [0.15, 0.2) is 36.4 Å². The maximum Gasteiger partial charge on any atom is 0.302 e. The second-order valence-corrected chi connectivity index (χ2v) is 10.6. The third-order valence-corrected chi connectivity index (χ3v) is 9.20. The number of aliphatic hydroxyl groups excluding tert-OH is 2. The van der Waals surface area contributed by atoms with Crippen molar-refractivity contribution in [3.8, 4) is 0 Å². The van der Waals surface area contributed by atoms with Crippen LogP contribution in [0.2, 0.25) is 0 Å². The second-order valence-electron chi connectivity index (χ2n) is 10.6. The molecule has 0 aliphatic heterocycles. The van der Waals surface area contributed by atoms with Gasteiger partial charge in [-0.15, -0.1) is 0 Å². The molecule has 0 aromatic heterocycles. The maximum absolute atomic E-state index is 11.5. The summed E-state index contributed by atoms with van der Waals surface area (Å²) in [6.45, 7) is 6.48. The standard InChI is InChI=1S/C27H38O4/c1-18(30)31-21-11-13-26(2,20(15-21)16-28)25-12-14-27(3)23(19-7-5-4-6-8-19)9-10-24(27)22(25)17-29/h4-9,20-22,24-25,28-29H,10-17H2,1-3H3/t20-,21+,22?,24+,25+,26+,27-/m1/s1. The van der Waals surface area contributed by atoms with Crippen LogP contribution in [0.25, 0.3) is 5.57 Å². The van der Waals surface area contributed by atoms with Crippen molar-refractivity contribution < 1.29 is 19.7 Å². The summed E-state index contributed by atoms with van der Waals surface area (Å²) in [5.74, 6) is 0.873. The quantitative estimate of drug-likeness (QED) is 0.661. The highest BCUT2D eigenvalue weighted by molar-refractivity contribution is 5.72. The predicted octanol–water partition coefficient (Wildman–Crippen LogP) is 4.85. The van der Waals surface area contributed by atoms with Gasteiger partial charge in [-0.25, -0.2) is 0 Å². The number of carbonyl (C=O) groups is 1. The van der Waals surface area contributed by atoms with Crippen molar-refractivity contribution in [1.29, 1.82) is 0 Å². The van der Waals surface area contributed by atoms with E-state index in [1.54, 1.807) is 0 Å². The fourth-order valence-electron chi connectivity index (χ4n) is 7.49. The number of hydrogen-bond donors (Lipinski definition) is 2. The molecule has 4 heteroatoms. The average Bonchev–Trinajstić information content (AvgIpc) is 3.11. The Morgan fingerprint density at radius 2 is 1.81 bits per heavy atom. The Morgan fingerprint density at radius 1 is 1.06 bits per heavy atom. The number of aliphatic hydroxyl groups is 2. The summed E-state index contributed by atoms with van der Waals surface area (Å²) in [6, 6.07) is 10.7. The van der Waals surface area contributed by atoms with Crippen molar-refractivity contribution in [2.45, 2.75) is 65.4 Å². The average molecular weight is 427 g/mol. The molecular formula is C27H38O4. The molecule has 1 aromatic rings. The normalized spacial score (nSPS) is 40.2. The Kier molecular flexibility index (Phi) is 6.33. The second kappa shape index (κ2) is 8.71. The summed E-state index contributed by atoms with van der Waals surface area (Å²) >= 11 is 0. The number of fused-ring (bicyclic) bond motifs is 1. The third kappa shape index (κ3) is 3.87. The molecule has 4 rings (SSSR count). The van der Waals surface area contributed by atoms with Gasteiger partial charge in [0.15, 0.2) is 0 Å². The molecule has 7 atom stereocenters.